The summed E-state index contributed by atoms with van der Waals surface area (Å²) in [5.74, 6) is -4.77. The lowest BCUT2D eigenvalue weighted by atomic mass is 10.0. The van der Waals surface area contributed by atoms with Gasteiger partial charge < -0.3 is 14.9 Å². The van der Waals surface area contributed by atoms with Crippen molar-refractivity contribution < 1.29 is 34.1 Å². The Balaban J connectivity index is 1.80. The normalized spacial score (nSPS) is 25.2. The molecule has 0 aromatic carbocycles. The van der Waals surface area contributed by atoms with Crippen LogP contribution < -0.4 is 5.32 Å². The fraction of sp³-hybridized carbons (Fsp3) is 0.467. The summed E-state index contributed by atoms with van der Waals surface area (Å²) in [4.78, 5) is 55.5. The predicted octanol–water partition coefficient (Wildman–Crippen LogP) is -0.955. The van der Waals surface area contributed by atoms with Gasteiger partial charge in [-0.1, -0.05) is 0 Å². The van der Waals surface area contributed by atoms with Gasteiger partial charge in [0.25, 0.3) is 0 Å². The number of carbonyl (C=O) groups is 4. The molecule has 3 heterocycles. The molecule has 1 saturated heterocycles. The molecule has 3 rings (SSSR count). The number of hydrogen-bond donors (Lipinski definition) is 3. The van der Waals surface area contributed by atoms with Crippen LogP contribution in [0.1, 0.15) is 13.3 Å². The van der Waals surface area contributed by atoms with E-state index < -0.39 is 47.4 Å². The summed E-state index contributed by atoms with van der Waals surface area (Å²) in [6.45, 7) is 0.995. The highest BCUT2D eigenvalue weighted by Crippen LogP contribution is 2.41. The minimum atomic E-state index is -1.48. The molecule has 0 spiro atoms. The highest BCUT2D eigenvalue weighted by atomic mass is 32.2. The van der Waals surface area contributed by atoms with Crippen LogP contribution in [-0.2, 0) is 23.9 Å². The van der Waals surface area contributed by atoms with Crippen LogP contribution in [0.2, 0.25) is 0 Å². The van der Waals surface area contributed by atoms with Crippen molar-refractivity contribution in [3.63, 3.8) is 0 Å². The zero-order valence-corrected chi connectivity index (χ0v) is 14.9. The van der Waals surface area contributed by atoms with Gasteiger partial charge in [0.1, 0.15) is 30.1 Å². The highest BCUT2D eigenvalue weighted by molar-refractivity contribution is 8.00. The van der Waals surface area contributed by atoms with Crippen LogP contribution >= 0.6 is 11.8 Å². The maximum Gasteiger partial charge on any atom is 0.352 e. The molecule has 3 aliphatic rings. The van der Waals surface area contributed by atoms with Gasteiger partial charge in [-0.25, -0.2) is 14.8 Å². The molecule has 1 unspecified atom stereocenters. The van der Waals surface area contributed by atoms with Crippen LogP contribution in [0, 0.1) is 0 Å². The zero-order chi connectivity index (χ0) is 19.8. The average molecular weight is 396 g/mol. The van der Waals surface area contributed by atoms with Crippen molar-refractivity contribution in [2.75, 3.05) is 12.4 Å². The van der Waals surface area contributed by atoms with Crippen molar-refractivity contribution in [1.29, 1.82) is 0 Å². The van der Waals surface area contributed by atoms with Gasteiger partial charge in [0, 0.05) is 30.7 Å². The number of aliphatic imine (C=N–C) groups is 2. The molecule has 144 valence electrons. The third kappa shape index (κ3) is 3.57. The molecule has 27 heavy (non-hydrogen) atoms. The number of carbonyl (C=O) groups excluding carboxylic acids is 2. The Labute approximate surface area is 157 Å². The minimum Gasteiger partial charge on any atom is -0.481 e. The first kappa shape index (κ1) is 19.0. The van der Waals surface area contributed by atoms with Gasteiger partial charge in [0.15, 0.2) is 0 Å². The lowest BCUT2D eigenvalue weighted by Crippen LogP contribution is -2.72. The average Bonchev–Trinajstić information content (AvgIpc) is 3.04. The number of thioether (sulfide) groups is 1. The van der Waals surface area contributed by atoms with Crippen molar-refractivity contribution in [1.82, 2.24) is 10.2 Å². The summed E-state index contributed by atoms with van der Waals surface area (Å²) in [7, 11) is 0. The third-order valence-corrected chi connectivity index (χ3v) is 5.47. The highest BCUT2D eigenvalue weighted by Gasteiger charge is 2.56. The van der Waals surface area contributed by atoms with E-state index in [1.807, 2.05) is 0 Å². The first-order valence-electron chi connectivity index (χ1n) is 7.86. The quantitative estimate of drug-likeness (QED) is 0.364. The van der Waals surface area contributed by atoms with Crippen molar-refractivity contribution in [2.24, 2.45) is 9.98 Å². The standard InChI is InChI=1S/C15H16N4O7S/c1-7(20)26-5-8-6-27-13-10(12(23)19(13)11(8)14(24)25)18-15(4-9(21)22)16-2-3-17-15/h2-3,10,13,18H,4-6H2,1H3,(H,21,22)(H,24,25)/t10?,13-/m1/s1. The molecule has 0 aliphatic carbocycles. The molecule has 3 aliphatic heterocycles. The van der Waals surface area contributed by atoms with Gasteiger partial charge >= 0.3 is 17.9 Å². The van der Waals surface area contributed by atoms with Crippen LogP contribution in [-0.4, -0.2) is 80.9 Å². The van der Waals surface area contributed by atoms with E-state index in [9.17, 15) is 24.3 Å². The second-order valence-corrected chi connectivity index (χ2v) is 7.12. The zero-order valence-electron chi connectivity index (χ0n) is 14.1. The summed E-state index contributed by atoms with van der Waals surface area (Å²) in [6.07, 6.45) is 2.22. The predicted molar refractivity (Wildman–Crippen MR) is 93.3 cm³/mol. The number of aliphatic carboxylic acids is 2. The molecular weight excluding hydrogens is 380 g/mol. The first-order valence-corrected chi connectivity index (χ1v) is 8.91. The number of rotatable bonds is 7. The van der Waals surface area contributed by atoms with Crippen molar-refractivity contribution >= 4 is 48.0 Å². The van der Waals surface area contributed by atoms with Crippen molar-refractivity contribution in [2.45, 2.75) is 30.5 Å². The first-order chi connectivity index (χ1) is 12.7. The number of nitrogens with one attached hydrogen (secondary N) is 1. The van der Waals surface area contributed by atoms with Crippen LogP contribution in [0.25, 0.3) is 0 Å². The van der Waals surface area contributed by atoms with Crippen LogP contribution in [0.4, 0.5) is 0 Å². The molecule has 12 heteroatoms. The fourth-order valence-electron chi connectivity index (χ4n) is 3.01. The summed E-state index contributed by atoms with van der Waals surface area (Å²) in [5, 5.41) is 20.9. The maximum absolute atomic E-state index is 12.6. The molecule has 1 amide bonds. The Morgan fingerprint density at radius 1 is 1.37 bits per heavy atom. The van der Waals surface area contributed by atoms with Crippen LogP contribution in [0.5, 0.6) is 0 Å². The number of carboxylic acid groups (broad SMARTS) is 2. The second-order valence-electron chi connectivity index (χ2n) is 6.01. The SMILES string of the molecule is CC(=O)OCC1=C(C(=O)O)N2C(=O)C(NC3(CC(=O)O)N=CC=N3)[C@H]2SC1. The lowest BCUT2D eigenvalue weighted by molar-refractivity contribution is -0.151. The number of ether oxygens (including phenoxy) is 1. The van der Waals surface area contributed by atoms with Gasteiger partial charge in [0.2, 0.25) is 11.7 Å². The maximum atomic E-state index is 12.6. The minimum absolute atomic E-state index is 0.212. The van der Waals surface area contributed by atoms with E-state index in [0.29, 0.717) is 5.57 Å². The summed E-state index contributed by atoms with van der Waals surface area (Å²) in [6, 6.07) is -0.841. The van der Waals surface area contributed by atoms with Crippen molar-refractivity contribution in [3.05, 3.63) is 11.3 Å². The van der Waals surface area contributed by atoms with Crippen molar-refractivity contribution in [3.8, 4) is 0 Å². The van der Waals surface area contributed by atoms with E-state index in [4.69, 9.17) is 9.84 Å². The smallest absolute Gasteiger partial charge is 0.352 e. The summed E-state index contributed by atoms with van der Waals surface area (Å²) in [5.41, 5.74) is 0.108. The number of β-lactam (4-membered cyclic amide) rings is 1. The number of amides is 1. The molecule has 0 radical (unpaired) electrons. The fourth-order valence-corrected chi connectivity index (χ4v) is 4.33. The second kappa shape index (κ2) is 7.12. The summed E-state index contributed by atoms with van der Waals surface area (Å²) < 4.78 is 4.87. The van der Waals surface area contributed by atoms with E-state index in [1.54, 1.807) is 0 Å². The number of fused-ring (bicyclic) bond motifs is 1. The third-order valence-electron chi connectivity index (χ3n) is 4.13. The summed E-state index contributed by atoms with van der Waals surface area (Å²) >= 11 is 1.29. The van der Waals surface area contributed by atoms with Gasteiger partial charge in [0.05, 0.1) is 0 Å². The molecule has 3 N–H and O–H groups in total. The van der Waals surface area contributed by atoms with Crippen LogP contribution in [0.3, 0.4) is 0 Å². The molecule has 1 fully saturated rings. The lowest BCUT2D eigenvalue weighted by Gasteiger charge is -2.51. The molecule has 2 atom stereocenters. The Hall–Kier alpha value is -2.73. The molecule has 0 aromatic rings. The van der Waals surface area contributed by atoms with E-state index in [1.165, 1.54) is 31.1 Å². The Bertz CT molecular complexity index is 794. The number of hydrogen-bond acceptors (Lipinski definition) is 9. The van der Waals surface area contributed by atoms with Gasteiger partial charge in [-0.3, -0.25) is 24.6 Å². The molecule has 0 bridgehead atoms. The Morgan fingerprint density at radius 2 is 2.04 bits per heavy atom. The molecule has 0 saturated carbocycles. The van der Waals surface area contributed by atoms with E-state index in [-0.39, 0.29) is 18.1 Å². The Morgan fingerprint density at radius 3 is 2.59 bits per heavy atom. The molecule has 11 nitrogen and oxygen atoms in total. The van der Waals surface area contributed by atoms with E-state index >= 15 is 0 Å². The van der Waals surface area contributed by atoms with E-state index in [2.05, 4.69) is 15.3 Å². The number of nitrogens with zero attached hydrogens (tertiary/aromatic N) is 3. The molecule has 0 aromatic heterocycles. The largest absolute Gasteiger partial charge is 0.481 e. The topological polar surface area (TPSA) is 158 Å². The van der Waals surface area contributed by atoms with Gasteiger partial charge in [-0.05, 0) is 0 Å². The molecular formula is C15H16N4O7S. The Kier molecular flexibility index (Phi) is 5.02. The van der Waals surface area contributed by atoms with Gasteiger partial charge in [-0.15, -0.1) is 11.8 Å². The van der Waals surface area contributed by atoms with Gasteiger partial charge in [-0.2, -0.15) is 0 Å². The number of esters is 1. The van der Waals surface area contributed by atoms with E-state index in [0.717, 1.165) is 4.90 Å². The van der Waals surface area contributed by atoms with Crippen LogP contribution in [0.15, 0.2) is 21.3 Å². The number of carboxylic acids is 2. The monoisotopic (exact) mass is 396 g/mol.